The second-order valence-corrected chi connectivity index (χ2v) is 7.24. The van der Waals surface area contributed by atoms with Crippen LogP contribution in [-0.2, 0) is 0 Å². The van der Waals surface area contributed by atoms with Gasteiger partial charge in [0.1, 0.15) is 0 Å². The molecule has 0 saturated carbocycles. The van der Waals surface area contributed by atoms with Crippen LogP contribution in [0.25, 0.3) is 32.3 Å². The highest BCUT2D eigenvalue weighted by Gasteiger charge is 2.03. The maximum absolute atomic E-state index is 2.31. The molecule has 0 atom stereocenters. The first-order valence-electron chi connectivity index (χ1n) is 7.26. The minimum Gasteiger partial charge on any atom is -0.130 e. The Hall–Kier alpha value is -1.64. The summed E-state index contributed by atoms with van der Waals surface area (Å²) in [6, 6.07) is 22.6. The summed E-state index contributed by atoms with van der Waals surface area (Å²) >= 11 is 3.59. The Morgan fingerprint density at radius 1 is 0.455 bits per heavy atom. The molecule has 0 N–H and O–H groups in total. The second-order valence-electron chi connectivity index (χ2n) is 5.48. The lowest BCUT2D eigenvalue weighted by atomic mass is 10.00. The van der Waals surface area contributed by atoms with Gasteiger partial charge in [0.15, 0.2) is 0 Å². The van der Waals surface area contributed by atoms with Crippen LogP contribution in [0.15, 0.2) is 70.5 Å². The number of hydrogen-bond donors (Lipinski definition) is 0. The van der Waals surface area contributed by atoms with E-state index in [4.69, 9.17) is 0 Å². The van der Waals surface area contributed by atoms with Crippen LogP contribution >= 0.6 is 23.5 Å². The normalized spacial score (nSPS) is 11.5. The van der Waals surface area contributed by atoms with Crippen molar-refractivity contribution in [2.24, 2.45) is 0 Å². The van der Waals surface area contributed by atoms with E-state index in [9.17, 15) is 0 Å². The van der Waals surface area contributed by atoms with E-state index < -0.39 is 0 Å². The van der Waals surface area contributed by atoms with Gasteiger partial charge in [-0.05, 0) is 93.4 Å². The average Bonchev–Trinajstić information content (AvgIpc) is 2.57. The van der Waals surface area contributed by atoms with Gasteiger partial charge in [0.25, 0.3) is 0 Å². The molecule has 2 heteroatoms. The topological polar surface area (TPSA) is 0 Å². The largest absolute Gasteiger partial charge is 0.130 e. The van der Waals surface area contributed by atoms with Crippen molar-refractivity contribution in [2.75, 3.05) is 12.5 Å². The highest BCUT2D eigenvalue weighted by atomic mass is 32.2. The predicted molar refractivity (Wildman–Crippen MR) is 103 cm³/mol. The van der Waals surface area contributed by atoms with Crippen LogP contribution in [0, 0.1) is 0 Å². The average molecular weight is 320 g/mol. The van der Waals surface area contributed by atoms with Crippen LogP contribution in [0.3, 0.4) is 0 Å². The van der Waals surface area contributed by atoms with E-state index >= 15 is 0 Å². The first-order valence-corrected chi connectivity index (χ1v) is 9.71. The van der Waals surface area contributed by atoms with Crippen molar-refractivity contribution >= 4 is 55.8 Å². The third kappa shape index (κ3) is 2.37. The molecule has 0 aliphatic carbocycles. The van der Waals surface area contributed by atoms with Crippen molar-refractivity contribution in [1.82, 2.24) is 0 Å². The molecule has 0 spiro atoms. The maximum Gasteiger partial charge on any atom is 0.00755 e. The van der Waals surface area contributed by atoms with E-state index in [2.05, 4.69) is 73.2 Å². The Balaban J connectivity index is 2.02. The molecule has 0 unspecified atom stereocenters. The number of fused-ring (bicyclic) bond motifs is 3. The van der Waals surface area contributed by atoms with Crippen molar-refractivity contribution in [3.8, 4) is 0 Å². The van der Waals surface area contributed by atoms with Gasteiger partial charge in [-0.2, -0.15) is 0 Å². The molecule has 0 heterocycles. The molecule has 0 amide bonds. The second kappa shape index (κ2) is 5.53. The van der Waals surface area contributed by atoms with Gasteiger partial charge in [0.05, 0.1) is 0 Å². The SMILES string of the molecule is CSc1ccc2cc3cc4cc(SC)ccc4cc3cc2c1. The number of rotatable bonds is 2. The Morgan fingerprint density at radius 2 is 0.818 bits per heavy atom. The third-order valence-electron chi connectivity index (χ3n) is 4.17. The maximum atomic E-state index is 2.31. The molecule has 22 heavy (non-hydrogen) atoms. The fourth-order valence-corrected chi connectivity index (χ4v) is 3.86. The minimum absolute atomic E-state index is 1.31. The van der Waals surface area contributed by atoms with Gasteiger partial charge in [-0.15, -0.1) is 23.5 Å². The van der Waals surface area contributed by atoms with Crippen molar-refractivity contribution in [3.05, 3.63) is 60.7 Å². The lowest BCUT2D eigenvalue weighted by molar-refractivity contribution is 1.51. The summed E-state index contributed by atoms with van der Waals surface area (Å²) in [6.07, 6.45) is 4.25. The molecule has 4 rings (SSSR count). The number of thioether (sulfide) groups is 2. The third-order valence-corrected chi connectivity index (χ3v) is 5.62. The highest BCUT2D eigenvalue weighted by molar-refractivity contribution is 7.98. The molecule has 0 fully saturated rings. The molecule has 0 saturated heterocycles. The molecule has 0 aliphatic rings. The molecular formula is C20H16S2. The van der Waals surface area contributed by atoms with Crippen LogP contribution in [0.5, 0.6) is 0 Å². The zero-order valence-corrected chi connectivity index (χ0v) is 14.2. The molecule has 0 nitrogen and oxygen atoms in total. The van der Waals surface area contributed by atoms with Gasteiger partial charge in [-0.25, -0.2) is 0 Å². The van der Waals surface area contributed by atoms with E-state index in [-0.39, 0.29) is 0 Å². The Kier molecular flexibility index (Phi) is 3.51. The van der Waals surface area contributed by atoms with Gasteiger partial charge in [0.2, 0.25) is 0 Å². The Bertz CT molecular complexity index is 919. The van der Waals surface area contributed by atoms with Gasteiger partial charge < -0.3 is 0 Å². The van der Waals surface area contributed by atoms with Crippen LogP contribution in [0.2, 0.25) is 0 Å². The summed E-state index contributed by atoms with van der Waals surface area (Å²) in [5, 5.41) is 7.89. The molecule has 0 bridgehead atoms. The van der Waals surface area contributed by atoms with E-state index in [0.29, 0.717) is 0 Å². The van der Waals surface area contributed by atoms with Crippen LogP contribution in [0.1, 0.15) is 0 Å². The smallest absolute Gasteiger partial charge is 0.00755 e. The molecular weight excluding hydrogens is 304 g/mol. The summed E-state index contributed by atoms with van der Waals surface area (Å²) in [5.74, 6) is 0. The first kappa shape index (κ1) is 14.0. The zero-order chi connectivity index (χ0) is 15.1. The van der Waals surface area contributed by atoms with Crippen LogP contribution in [-0.4, -0.2) is 12.5 Å². The summed E-state index contributed by atoms with van der Waals surface area (Å²) < 4.78 is 0. The standard InChI is InChI=1S/C20H16S2/c1-21-19-5-3-13-7-16-10-18-12-20(22-2)6-4-14(18)8-15(16)9-17(13)11-19/h3-12H,1-2H3. The fraction of sp³-hybridized carbons (Fsp3) is 0.100. The van der Waals surface area contributed by atoms with Gasteiger partial charge in [-0.3, -0.25) is 0 Å². The molecule has 0 aromatic heterocycles. The van der Waals surface area contributed by atoms with Crippen LogP contribution in [0.4, 0.5) is 0 Å². The van der Waals surface area contributed by atoms with E-state index in [1.54, 1.807) is 23.5 Å². The fourth-order valence-electron chi connectivity index (χ4n) is 2.96. The van der Waals surface area contributed by atoms with Crippen molar-refractivity contribution in [2.45, 2.75) is 9.79 Å². The molecule has 4 aromatic rings. The van der Waals surface area contributed by atoms with E-state index in [1.165, 1.54) is 42.1 Å². The van der Waals surface area contributed by atoms with Crippen molar-refractivity contribution in [3.63, 3.8) is 0 Å². The summed E-state index contributed by atoms with van der Waals surface area (Å²) in [5.41, 5.74) is 0. The van der Waals surface area contributed by atoms with Gasteiger partial charge in [0, 0.05) is 9.79 Å². The summed E-state index contributed by atoms with van der Waals surface area (Å²) in [4.78, 5) is 2.63. The molecule has 0 radical (unpaired) electrons. The van der Waals surface area contributed by atoms with Crippen molar-refractivity contribution in [1.29, 1.82) is 0 Å². The molecule has 108 valence electrons. The zero-order valence-electron chi connectivity index (χ0n) is 12.6. The lowest BCUT2D eigenvalue weighted by Crippen LogP contribution is -1.80. The van der Waals surface area contributed by atoms with Crippen molar-refractivity contribution < 1.29 is 0 Å². The Labute approximate surface area is 138 Å². The Morgan fingerprint density at radius 3 is 1.23 bits per heavy atom. The van der Waals surface area contributed by atoms with Gasteiger partial charge >= 0.3 is 0 Å². The molecule has 0 aliphatic heterocycles. The first-order chi connectivity index (χ1) is 10.8. The summed E-state index contributed by atoms with van der Waals surface area (Å²) in [7, 11) is 0. The monoisotopic (exact) mass is 320 g/mol. The van der Waals surface area contributed by atoms with E-state index in [0.717, 1.165) is 0 Å². The van der Waals surface area contributed by atoms with Crippen LogP contribution < -0.4 is 0 Å². The van der Waals surface area contributed by atoms with Gasteiger partial charge in [-0.1, -0.05) is 12.1 Å². The minimum atomic E-state index is 1.31. The predicted octanol–water partition coefficient (Wildman–Crippen LogP) is 6.59. The highest BCUT2D eigenvalue weighted by Crippen LogP contribution is 2.31. The molecule has 4 aromatic carbocycles. The number of benzene rings is 4. The summed E-state index contributed by atoms with van der Waals surface area (Å²) in [6.45, 7) is 0. The quantitative estimate of drug-likeness (QED) is 0.302. The van der Waals surface area contributed by atoms with E-state index in [1.807, 2.05) is 0 Å². The lowest BCUT2D eigenvalue weighted by Gasteiger charge is -2.07. The number of hydrogen-bond acceptors (Lipinski definition) is 2.